The maximum Gasteiger partial charge on any atom is 0.149 e. The largest absolute Gasteiger partial charge is 0.493 e. The molecule has 1 aliphatic heterocycles. The lowest BCUT2D eigenvalue weighted by molar-refractivity contribution is 0.218. The van der Waals surface area contributed by atoms with Gasteiger partial charge >= 0.3 is 0 Å². The van der Waals surface area contributed by atoms with E-state index in [4.69, 9.17) is 10.5 Å². The van der Waals surface area contributed by atoms with Gasteiger partial charge in [0.05, 0.1) is 12.3 Å². The monoisotopic (exact) mass is 296 g/mol. The molecular formula is C12H19Cl2FN2O. The number of nitrogen functional groups attached to an aromatic ring is 1. The molecule has 0 bridgehead atoms. The molecule has 3 nitrogen and oxygen atoms in total. The van der Waals surface area contributed by atoms with E-state index in [1.807, 2.05) is 0 Å². The second kappa shape index (κ2) is 8.40. The van der Waals surface area contributed by atoms with E-state index in [-0.39, 0.29) is 30.5 Å². The predicted octanol–water partition coefficient (Wildman–Crippen LogP) is 2.63. The average molecular weight is 297 g/mol. The molecule has 0 amide bonds. The Balaban J connectivity index is 0.00000144. The molecule has 1 fully saturated rings. The minimum Gasteiger partial charge on any atom is -0.493 e. The minimum atomic E-state index is -0.417. The number of halogens is 3. The van der Waals surface area contributed by atoms with E-state index < -0.39 is 5.82 Å². The summed E-state index contributed by atoms with van der Waals surface area (Å²) in [5.41, 5.74) is 5.55. The Morgan fingerprint density at radius 3 is 2.78 bits per heavy atom. The van der Waals surface area contributed by atoms with E-state index in [2.05, 4.69) is 5.32 Å². The first-order valence-electron chi connectivity index (χ1n) is 5.64. The van der Waals surface area contributed by atoms with Crippen LogP contribution in [0.3, 0.4) is 0 Å². The quantitative estimate of drug-likeness (QED) is 0.843. The topological polar surface area (TPSA) is 47.3 Å². The minimum absolute atomic E-state index is 0. The molecule has 0 aromatic heterocycles. The van der Waals surface area contributed by atoms with E-state index in [1.54, 1.807) is 6.07 Å². The van der Waals surface area contributed by atoms with Crippen LogP contribution < -0.4 is 15.8 Å². The highest BCUT2D eigenvalue weighted by atomic mass is 35.5. The van der Waals surface area contributed by atoms with Crippen molar-refractivity contribution in [1.29, 1.82) is 0 Å². The van der Waals surface area contributed by atoms with Crippen molar-refractivity contribution in [3.63, 3.8) is 0 Å². The Morgan fingerprint density at radius 2 is 2.17 bits per heavy atom. The number of anilines is 1. The third kappa shape index (κ3) is 4.88. The summed E-state index contributed by atoms with van der Waals surface area (Å²) in [6.45, 7) is 2.71. The average Bonchev–Trinajstić information content (AvgIpc) is 2.32. The predicted molar refractivity (Wildman–Crippen MR) is 76.4 cm³/mol. The number of piperidine rings is 1. The normalized spacial score (nSPS) is 18.4. The first-order valence-corrected chi connectivity index (χ1v) is 5.64. The highest BCUT2D eigenvalue weighted by Gasteiger charge is 2.13. The third-order valence-electron chi connectivity index (χ3n) is 2.86. The fourth-order valence-electron chi connectivity index (χ4n) is 1.88. The van der Waals surface area contributed by atoms with E-state index in [0.29, 0.717) is 18.3 Å². The Morgan fingerprint density at radius 1 is 1.39 bits per heavy atom. The van der Waals surface area contributed by atoms with Crippen LogP contribution >= 0.6 is 24.8 Å². The van der Waals surface area contributed by atoms with Gasteiger partial charge in [-0.25, -0.2) is 4.39 Å². The van der Waals surface area contributed by atoms with Crippen molar-refractivity contribution in [1.82, 2.24) is 5.32 Å². The van der Waals surface area contributed by atoms with Gasteiger partial charge in [-0.15, -0.1) is 24.8 Å². The smallest absolute Gasteiger partial charge is 0.149 e. The van der Waals surface area contributed by atoms with Gasteiger partial charge in [-0.1, -0.05) is 0 Å². The maximum absolute atomic E-state index is 13.1. The molecule has 6 heteroatoms. The summed E-state index contributed by atoms with van der Waals surface area (Å²) in [7, 11) is 0. The molecule has 1 saturated heterocycles. The highest BCUT2D eigenvalue weighted by Crippen LogP contribution is 2.19. The van der Waals surface area contributed by atoms with Crippen molar-refractivity contribution >= 4 is 30.5 Å². The van der Waals surface area contributed by atoms with Crippen LogP contribution in [0.5, 0.6) is 5.75 Å². The maximum atomic E-state index is 13.1. The first kappa shape index (κ1) is 17.3. The van der Waals surface area contributed by atoms with Crippen LogP contribution in [-0.4, -0.2) is 19.7 Å². The molecular weight excluding hydrogens is 278 g/mol. The number of rotatable bonds is 3. The van der Waals surface area contributed by atoms with Gasteiger partial charge < -0.3 is 15.8 Å². The number of nitrogens with two attached hydrogens (primary N) is 1. The summed E-state index contributed by atoms with van der Waals surface area (Å²) in [4.78, 5) is 0. The zero-order valence-corrected chi connectivity index (χ0v) is 11.7. The van der Waals surface area contributed by atoms with Crippen LogP contribution in [0.2, 0.25) is 0 Å². The standard InChI is InChI=1S/C12H17FN2O.2ClH/c13-11-6-10(3-4-12(11)14)16-8-9-2-1-5-15-7-9;;/h3-4,6,9,15H,1-2,5,7-8,14H2;2*1H. The van der Waals surface area contributed by atoms with Gasteiger partial charge in [0.15, 0.2) is 0 Å². The van der Waals surface area contributed by atoms with Crippen molar-refractivity contribution in [3.05, 3.63) is 24.0 Å². The van der Waals surface area contributed by atoms with Gasteiger partial charge in [0.1, 0.15) is 11.6 Å². The van der Waals surface area contributed by atoms with Crippen molar-refractivity contribution in [2.24, 2.45) is 5.92 Å². The van der Waals surface area contributed by atoms with E-state index >= 15 is 0 Å². The fraction of sp³-hybridized carbons (Fsp3) is 0.500. The van der Waals surface area contributed by atoms with E-state index in [1.165, 1.54) is 25.0 Å². The summed E-state index contributed by atoms with van der Waals surface area (Å²) >= 11 is 0. The first-order chi connectivity index (χ1) is 7.75. The number of nitrogens with one attached hydrogen (secondary N) is 1. The van der Waals surface area contributed by atoms with Crippen LogP contribution in [0.4, 0.5) is 10.1 Å². The molecule has 1 atom stereocenters. The lowest BCUT2D eigenvalue weighted by Gasteiger charge is -2.22. The molecule has 1 unspecified atom stereocenters. The van der Waals surface area contributed by atoms with Crippen LogP contribution in [0.15, 0.2) is 18.2 Å². The molecule has 0 radical (unpaired) electrons. The Kier molecular flexibility index (Phi) is 8.07. The molecule has 1 heterocycles. The Hall–Kier alpha value is -0.710. The van der Waals surface area contributed by atoms with Crippen molar-refractivity contribution in [3.8, 4) is 5.75 Å². The summed E-state index contributed by atoms with van der Waals surface area (Å²) in [5.74, 6) is 0.658. The van der Waals surface area contributed by atoms with Crippen molar-refractivity contribution < 1.29 is 9.13 Å². The molecule has 0 spiro atoms. The van der Waals surface area contributed by atoms with Crippen LogP contribution in [0.1, 0.15) is 12.8 Å². The molecule has 3 N–H and O–H groups in total. The molecule has 104 valence electrons. The number of ether oxygens (including phenoxy) is 1. The lowest BCUT2D eigenvalue weighted by atomic mass is 10.0. The number of benzene rings is 1. The molecule has 0 saturated carbocycles. The van der Waals surface area contributed by atoms with Crippen molar-refractivity contribution in [2.45, 2.75) is 12.8 Å². The third-order valence-corrected chi connectivity index (χ3v) is 2.86. The van der Waals surface area contributed by atoms with Gasteiger partial charge in [-0.05, 0) is 31.5 Å². The second-order valence-electron chi connectivity index (χ2n) is 4.21. The van der Waals surface area contributed by atoms with Gasteiger partial charge in [0.2, 0.25) is 0 Å². The Bertz CT molecular complexity index is 360. The zero-order chi connectivity index (χ0) is 11.4. The van der Waals surface area contributed by atoms with Gasteiger partial charge in [0.25, 0.3) is 0 Å². The summed E-state index contributed by atoms with van der Waals surface area (Å²) in [5, 5.41) is 3.32. The molecule has 0 aliphatic carbocycles. The summed E-state index contributed by atoms with van der Waals surface area (Å²) in [6, 6.07) is 4.57. The highest BCUT2D eigenvalue weighted by molar-refractivity contribution is 5.85. The van der Waals surface area contributed by atoms with Gasteiger partial charge in [-0.3, -0.25) is 0 Å². The molecule has 1 aromatic rings. The van der Waals surface area contributed by atoms with Crippen molar-refractivity contribution in [2.75, 3.05) is 25.4 Å². The fourth-order valence-corrected chi connectivity index (χ4v) is 1.88. The summed E-state index contributed by atoms with van der Waals surface area (Å²) in [6.07, 6.45) is 2.36. The lowest BCUT2D eigenvalue weighted by Crippen LogP contribution is -2.33. The Labute approximate surface area is 119 Å². The van der Waals surface area contributed by atoms with E-state index in [9.17, 15) is 4.39 Å². The molecule has 1 aromatic carbocycles. The molecule has 18 heavy (non-hydrogen) atoms. The number of hydrogen-bond donors (Lipinski definition) is 2. The van der Waals surface area contributed by atoms with E-state index in [0.717, 1.165) is 13.1 Å². The summed E-state index contributed by atoms with van der Waals surface area (Å²) < 4.78 is 18.7. The number of hydrogen-bond acceptors (Lipinski definition) is 3. The van der Waals surface area contributed by atoms with Gasteiger partial charge in [-0.2, -0.15) is 0 Å². The van der Waals surface area contributed by atoms with Crippen LogP contribution in [0, 0.1) is 11.7 Å². The van der Waals surface area contributed by atoms with Crippen LogP contribution in [-0.2, 0) is 0 Å². The van der Waals surface area contributed by atoms with Gasteiger partial charge in [0, 0.05) is 18.5 Å². The van der Waals surface area contributed by atoms with Crippen LogP contribution in [0.25, 0.3) is 0 Å². The molecule has 2 rings (SSSR count). The second-order valence-corrected chi connectivity index (χ2v) is 4.21. The molecule has 1 aliphatic rings. The SMILES string of the molecule is Cl.Cl.Nc1ccc(OCC2CCCNC2)cc1F. The zero-order valence-electron chi connectivity index (χ0n) is 10.0.